The first-order chi connectivity index (χ1) is 6.61. The first-order valence-electron chi connectivity index (χ1n) is 3.99. The van der Waals surface area contributed by atoms with Crippen LogP contribution in [-0.2, 0) is 11.5 Å². The molecule has 1 rings (SSSR count). The highest BCUT2D eigenvalue weighted by atomic mass is 16.5. The van der Waals surface area contributed by atoms with Crippen molar-refractivity contribution in [3.05, 3.63) is 23.0 Å². The summed E-state index contributed by atoms with van der Waals surface area (Å²) in [6.45, 7) is 1.77. The number of aromatic nitrogens is 1. The number of aromatic carboxylic acids is 1. The van der Waals surface area contributed by atoms with Crippen molar-refractivity contribution in [3.63, 3.8) is 0 Å². The van der Waals surface area contributed by atoms with E-state index in [1.807, 2.05) is 0 Å². The van der Waals surface area contributed by atoms with Crippen molar-refractivity contribution < 1.29 is 19.4 Å². The lowest BCUT2D eigenvalue weighted by molar-refractivity contribution is 0.0695. The Morgan fingerprint density at radius 1 is 1.71 bits per heavy atom. The third-order valence-electron chi connectivity index (χ3n) is 1.99. The van der Waals surface area contributed by atoms with E-state index in [0.29, 0.717) is 17.5 Å². The molecule has 0 radical (unpaired) electrons. The van der Waals surface area contributed by atoms with Gasteiger partial charge >= 0.3 is 5.97 Å². The van der Waals surface area contributed by atoms with Gasteiger partial charge in [-0.15, -0.1) is 0 Å². The minimum atomic E-state index is -1.04. The number of hydrogen-bond acceptors (Lipinski definition) is 3. The molecule has 0 atom stereocenters. The van der Waals surface area contributed by atoms with Crippen LogP contribution in [0.15, 0.2) is 6.20 Å². The van der Waals surface area contributed by atoms with Gasteiger partial charge in [0, 0.05) is 13.3 Å². The highest BCUT2D eigenvalue weighted by Gasteiger charge is 2.16. The van der Waals surface area contributed by atoms with E-state index >= 15 is 0 Å². The number of carboxylic acid groups (broad SMARTS) is 1. The fourth-order valence-electron chi connectivity index (χ4n) is 1.29. The molecular formula is C9H11NO4. The molecule has 0 aliphatic carbocycles. The molecule has 0 aliphatic heterocycles. The summed E-state index contributed by atoms with van der Waals surface area (Å²) in [4.78, 5) is 21.4. The number of methoxy groups -OCH3 is 1. The van der Waals surface area contributed by atoms with Gasteiger partial charge < -0.3 is 14.4 Å². The molecule has 0 saturated carbocycles. The number of rotatable bonds is 4. The number of carbonyl (C=O) groups is 2. The lowest BCUT2D eigenvalue weighted by Gasteiger charge is -2.02. The zero-order chi connectivity index (χ0) is 10.7. The second-order valence-corrected chi connectivity index (χ2v) is 2.86. The van der Waals surface area contributed by atoms with Crippen LogP contribution < -0.4 is 0 Å². The predicted octanol–water partition coefficient (Wildman–Crippen LogP) is 0.911. The molecule has 1 aromatic rings. The van der Waals surface area contributed by atoms with Crippen molar-refractivity contribution in [2.24, 2.45) is 0 Å². The maximum Gasteiger partial charge on any atom is 0.337 e. The minimum absolute atomic E-state index is 0.129. The normalized spacial score (nSPS) is 10.1. The number of carboxylic acids is 1. The Kier molecular flexibility index (Phi) is 3.03. The lowest BCUT2D eigenvalue weighted by atomic mass is 10.2. The van der Waals surface area contributed by atoms with E-state index < -0.39 is 5.97 Å². The summed E-state index contributed by atoms with van der Waals surface area (Å²) in [6, 6.07) is 0. The quantitative estimate of drug-likeness (QED) is 0.728. The Morgan fingerprint density at radius 3 is 2.79 bits per heavy atom. The molecule has 76 valence electrons. The number of nitrogens with zero attached hydrogens (tertiary/aromatic N) is 1. The summed E-state index contributed by atoms with van der Waals surface area (Å²) in [5.41, 5.74) is 0.929. The van der Waals surface area contributed by atoms with Gasteiger partial charge in [-0.05, 0) is 12.5 Å². The Balaban J connectivity index is 3.24. The highest BCUT2D eigenvalue weighted by molar-refractivity contribution is 5.92. The van der Waals surface area contributed by atoms with Gasteiger partial charge in [0.15, 0.2) is 6.29 Å². The van der Waals surface area contributed by atoms with Gasteiger partial charge in [-0.1, -0.05) is 0 Å². The maximum absolute atomic E-state index is 10.7. The van der Waals surface area contributed by atoms with E-state index in [4.69, 9.17) is 9.84 Å². The highest BCUT2D eigenvalue weighted by Crippen LogP contribution is 2.15. The average molecular weight is 197 g/mol. The van der Waals surface area contributed by atoms with Crippen LogP contribution in [0.4, 0.5) is 0 Å². The van der Waals surface area contributed by atoms with Gasteiger partial charge in [0.05, 0.1) is 11.3 Å². The maximum atomic E-state index is 10.7. The van der Waals surface area contributed by atoms with Crippen molar-refractivity contribution >= 4 is 12.3 Å². The number of aldehydes is 1. The molecule has 0 spiro atoms. The first-order valence-corrected chi connectivity index (χ1v) is 3.99. The van der Waals surface area contributed by atoms with Crippen LogP contribution in [0.1, 0.15) is 26.4 Å². The molecule has 0 fully saturated rings. The zero-order valence-corrected chi connectivity index (χ0v) is 7.98. The molecule has 5 nitrogen and oxygen atoms in total. The summed E-state index contributed by atoms with van der Waals surface area (Å²) < 4.78 is 6.29. The van der Waals surface area contributed by atoms with E-state index in [2.05, 4.69) is 0 Å². The Bertz CT molecular complexity index is 367. The second-order valence-electron chi connectivity index (χ2n) is 2.86. The minimum Gasteiger partial charge on any atom is -0.478 e. The van der Waals surface area contributed by atoms with Crippen LogP contribution >= 0.6 is 0 Å². The standard InChI is InChI=1S/C9H11NO4/c1-6-7(9(12)13)3-10(5-14-2)8(6)4-11/h3-4H,5H2,1-2H3,(H,12,13). The molecule has 0 unspecified atom stereocenters. The van der Waals surface area contributed by atoms with Crippen molar-refractivity contribution in [3.8, 4) is 0 Å². The molecule has 0 saturated heterocycles. The van der Waals surface area contributed by atoms with Gasteiger partial charge in [-0.25, -0.2) is 4.79 Å². The number of ether oxygens (including phenoxy) is 1. The summed E-state index contributed by atoms with van der Waals surface area (Å²) in [5.74, 6) is -1.04. The molecule has 14 heavy (non-hydrogen) atoms. The summed E-state index contributed by atoms with van der Waals surface area (Å²) in [6.07, 6.45) is 2.02. The van der Waals surface area contributed by atoms with Crippen LogP contribution in [0, 0.1) is 6.92 Å². The van der Waals surface area contributed by atoms with Gasteiger partial charge in [0.2, 0.25) is 0 Å². The van der Waals surface area contributed by atoms with E-state index in [-0.39, 0.29) is 12.3 Å². The van der Waals surface area contributed by atoms with Gasteiger partial charge in [0.25, 0.3) is 0 Å². The molecule has 1 heterocycles. The SMILES string of the molecule is COCn1cc(C(=O)O)c(C)c1C=O. The first kappa shape index (κ1) is 10.5. The largest absolute Gasteiger partial charge is 0.478 e. The topological polar surface area (TPSA) is 68.5 Å². The van der Waals surface area contributed by atoms with Crippen molar-refractivity contribution in [1.29, 1.82) is 0 Å². The third-order valence-corrected chi connectivity index (χ3v) is 1.99. The smallest absolute Gasteiger partial charge is 0.337 e. The molecule has 1 aromatic heterocycles. The van der Waals surface area contributed by atoms with Crippen LogP contribution in [0.3, 0.4) is 0 Å². The molecular weight excluding hydrogens is 186 g/mol. The Hall–Kier alpha value is -1.62. The van der Waals surface area contributed by atoms with E-state index in [1.54, 1.807) is 6.92 Å². The average Bonchev–Trinajstić information content (AvgIpc) is 2.43. The number of hydrogen-bond donors (Lipinski definition) is 1. The van der Waals surface area contributed by atoms with Crippen molar-refractivity contribution in [2.75, 3.05) is 7.11 Å². The second kappa shape index (κ2) is 4.06. The Labute approximate surface area is 80.9 Å². The van der Waals surface area contributed by atoms with Crippen LogP contribution in [0.5, 0.6) is 0 Å². The Morgan fingerprint density at radius 2 is 2.36 bits per heavy atom. The van der Waals surface area contributed by atoms with Crippen molar-refractivity contribution in [1.82, 2.24) is 4.57 Å². The van der Waals surface area contributed by atoms with E-state index in [0.717, 1.165) is 0 Å². The van der Waals surface area contributed by atoms with Gasteiger partial charge in [0.1, 0.15) is 6.73 Å². The van der Waals surface area contributed by atoms with Crippen LogP contribution in [-0.4, -0.2) is 29.0 Å². The lowest BCUT2D eigenvalue weighted by Crippen LogP contribution is -2.02. The number of carbonyl (C=O) groups excluding carboxylic acids is 1. The molecule has 0 bridgehead atoms. The third kappa shape index (κ3) is 1.67. The zero-order valence-electron chi connectivity index (χ0n) is 7.98. The summed E-state index contributed by atoms with van der Waals surface area (Å²) in [7, 11) is 1.48. The van der Waals surface area contributed by atoms with Crippen LogP contribution in [0.2, 0.25) is 0 Å². The molecule has 0 amide bonds. The van der Waals surface area contributed by atoms with Gasteiger partial charge in [-0.2, -0.15) is 0 Å². The predicted molar refractivity (Wildman–Crippen MR) is 48.5 cm³/mol. The van der Waals surface area contributed by atoms with Crippen LogP contribution in [0.25, 0.3) is 0 Å². The summed E-state index contributed by atoms with van der Waals surface area (Å²) in [5, 5.41) is 8.80. The molecule has 5 heteroatoms. The summed E-state index contributed by atoms with van der Waals surface area (Å²) >= 11 is 0. The molecule has 1 N–H and O–H groups in total. The monoisotopic (exact) mass is 197 g/mol. The molecule has 0 aromatic carbocycles. The van der Waals surface area contributed by atoms with Crippen molar-refractivity contribution in [2.45, 2.75) is 13.7 Å². The fraction of sp³-hybridized carbons (Fsp3) is 0.333. The fourth-order valence-corrected chi connectivity index (χ4v) is 1.29. The van der Waals surface area contributed by atoms with E-state index in [9.17, 15) is 9.59 Å². The van der Waals surface area contributed by atoms with E-state index in [1.165, 1.54) is 17.9 Å². The van der Waals surface area contributed by atoms with Gasteiger partial charge in [-0.3, -0.25) is 4.79 Å². The molecule has 0 aliphatic rings.